The summed E-state index contributed by atoms with van der Waals surface area (Å²) >= 11 is 0. The highest BCUT2D eigenvalue weighted by Crippen LogP contribution is 2.14. The van der Waals surface area contributed by atoms with Crippen LogP contribution in [0.3, 0.4) is 0 Å². The van der Waals surface area contributed by atoms with Crippen molar-refractivity contribution in [1.29, 1.82) is 0 Å². The van der Waals surface area contributed by atoms with E-state index >= 15 is 0 Å². The summed E-state index contributed by atoms with van der Waals surface area (Å²) in [5.74, 6) is 0.503. The van der Waals surface area contributed by atoms with Gasteiger partial charge in [0.1, 0.15) is 0 Å². The standard InChI is InChI=1S/C17H22N2O3/c20-17(15-3-2-14-4-7-18-16(14)10-15)19-6-1-8-21-11-13-5-9-22-12-13/h2-4,7,10,13,18H,1,5-6,8-9,11-12H2,(H,19,20). The van der Waals surface area contributed by atoms with Crippen LogP contribution in [0.25, 0.3) is 10.9 Å². The Bertz CT molecular complexity index is 617. The summed E-state index contributed by atoms with van der Waals surface area (Å²) in [6.45, 7) is 3.74. The smallest absolute Gasteiger partial charge is 0.251 e. The average Bonchev–Trinajstić information content (AvgIpc) is 3.20. The minimum Gasteiger partial charge on any atom is -0.381 e. The summed E-state index contributed by atoms with van der Waals surface area (Å²) in [6, 6.07) is 7.67. The molecule has 0 spiro atoms. The van der Waals surface area contributed by atoms with Crippen LogP contribution in [-0.4, -0.2) is 43.9 Å². The summed E-state index contributed by atoms with van der Waals surface area (Å²) in [5, 5.41) is 4.04. The molecule has 0 bridgehead atoms. The van der Waals surface area contributed by atoms with Crippen molar-refractivity contribution >= 4 is 16.8 Å². The summed E-state index contributed by atoms with van der Waals surface area (Å²) in [5.41, 5.74) is 1.66. The molecule has 5 heteroatoms. The Hall–Kier alpha value is -1.85. The van der Waals surface area contributed by atoms with Crippen LogP contribution in [-0.2, 0) is 9.47 Å². The van der Waals surface area contributed by atoms with Crippen LogP contribution in [0.2, 0.25) is 0 Å². The molecule has 0 radical (unpaired) electrons. The number of H-pyrrole nitrogens is 1. The SMILES string of the molecule is O=C(NCCCOCC1CCOC1)c1ccc2cc[nH]c2c1. The van der Waals surface area contributed by atoms with E-state index in [1.54, 1.807) is 0 Å². The monoisotopic (exact) mass is 302 g/mol. The van der Waals surface area contributed by atoms with E-state index in [9.17, 15) is 4.79 Å². The van der Waals surface area contributed by atoms with E-state index in [2.05, 4.69) is 10.3 Å². The van der Waals surface area contributed by atoms with E-state index in [1.165, 1.54) is 0 Å². The van der Waals surface area contributed by atoms with Gasteiger partial charge in [-0.25, -0.2) is 0 Å². The Morgan fingerprint density at radius 1 is 1.41 bits per heavy atom. The van der Waals surface area contributed by atoms with Gasteiger partial charge < -0.3 is 19.8 Å². The lowest BCUT2D eigenvalue weighted by atomic mass is 10.1. The van der Waals surface area contributed by atoms with Gasteiger partial charge in [0.15, 0.2) is 0 Å². The molecule has 1 amide bonds. The van der Waals surface area contributed by atoms with Gasteiger partial charge in [0.05, 0.1) is 13.2 Å². The van der Waals surface area contributed by atoms with Crippen LogP contribution in [0.5, 0.6) is 0 Å². The van der Waals surface area contributed by atoms with Crippen molar-refractivity contribution in [3.8, 4) is 0 Å². The first kappa shape index (κ1) is 15.1. The highest BCUT2D eigenvalue weighted by Gasteiger charge is 2.15. The molecular formula is C17H22N2O3. The second-order valence-electron chi connectivity index (χ2n) is 5.69. The van der Waals surface area contributed by atoms with Crippen molar-refractivity contribution < 1.29 is 14.3 Å². The summed E-state index contributed by atoms with van der Waals surface area (Å²) in [6.07, 6.45) is 3.79. The van der Waals surface area contributed by atoms with E-state index in [4.69, 9.17) is 9.47 Å². The molecule has 1 aromatic carbocycles. The molecule has 2 heterocycles. The quantitative estimate of drug-likeness (QED) is 0.772. The third kappa shape index (κ3) is 3.87. The van der Waals surface area contributed by atoms with Crippen LogP contribution in [0.4, 0.5) is 0 Å². The van der Waals surface area contributed by atoms with Gasteiger partial charge in [-0.2, -0.15) is 0 Å². The van der Waals surface area contributed by atoms with Gasteiger partial charge in [-0.15, -0.1) is 0 Å². The molecule has 3 rings (SSSR count). The third-order valence-electron chi connectivity index (χ3n) is 3.95. The van der Waals surface area contributed by atoms with E-state index in [-0.39, 0.29) is 5.91 Å². The second kappa shape index (κ2) is 7.42. The molecule has 1 aliphatic heterocycles. The second-order valence-corrected chi connectivity index (χ2v) is 5.69. The Morgan fingerprint density at radius 2 is 2.36 bits per heavy atom. The van der Waals surface area contributed by atoms with Crippen LogP contribution in [0, 0.1) is 5.92 Å². The number of nitrogens with one attached hydrogen (secondary N) is 2. The molecule has 0 saturated carbocycles. The van der Waals surface area contributed by atoms with Crippen molar-refractivity contribution in [2.75, 3.05) is 33.0 Å². The minimum absolute atomic E-state index is 0.0410. The molecule has 22 heavy (non-hydrogen) atoms. The van der Waals surface area contributed by atoms with Gasteiger partial charge in [0, 0.05) is 43.0 Å². The number of hydrogen-bond acceptors (Lipinski definition) is 3. The Balaban J connectivity index is 1.35. The predicted octanol–water partition coefficient (Wildman–Crippen LogP) is 2.34. The molecule has 118 valence electrons. The molecule has 1 atom stereocenters. The Kier molecular flexibility index (Phi) is 5.08. The fourth-order valence-corrected chi connectivity index (χ4v) is 2.63. The first-order valence-corrected chi connectivity index (χ1v) is 7.84. The topological polar surface area (TPSA) is 63.4 Å². The summed E-state index contributed by atoms with van der Waals surface area (Å²) in [7, 11) is 0. The largest absolute Gasteiger partial charge is 0.381 e. The fourth-order valence-electron chi connectivity index (χ4n) is 2.63. The zero-order valence-corrected chi connectivity index (χ0v) is 12.6. The van der Waals surface area contributed by atoms with E-state index < -0.39 is 0 Å². The van der Waals surface area contributed by atoms with E-state index in [0.29, 0.717) is 24.6 Å². The lowest BCUT2D eigenvalue weighted by Gasteiger charge is -2.09. The van der Waals surface area contributed by atoms with Crippen molar-refractivity contribution in [2.45, 2.75) is 12.8 Å². The number of aromatic amines is 1. The zero-order valence-electron chi connectivity index (χ0n) is 12.6. The van der Waals surface area contributed by atoms with E-state index in [0.717, 1.165) is 43.6 Å². The van der Waals surface area contributed by atoms with Crippen molar-refractivity contribution in [3.05, 3.63) is 36.0 Å². The predicted molar refractivity (Wildman–Crippen MR) is 85.0 cm³/mol. The van der Waals surface area contributed by atoms with Gasteiger partial charge in [-0.05, 0) is 36.4 Å². The van der Waals surface area contributed by atoms with Crippen molar-refractivity contribution in [3.63, 3.8) is 0 Å². The molecule has 1 aliphatic rings. The highest BCUT2D eigenvalue weighted by atomic mass is 16.5. The average molecular weight is 302 g/mol. The molecule has 2 aromatic rings. The molecule has 1 saturated heterocycles. The van der Waals surface area contributed by atoms with Gasteiger partial charge in [0.25, 0.3) is 5.91 Å². The number of carbonyl (C=O) groups is 1. The summed E-state index contributed by atoms with van der Waals surface area (Å²) in [4.78, 5) is 15.2. The van der Waals surface area contributed by atoms with E-state index in [1.807, 2.05) is 30.5 Å². The highest BCUT2D eigenvalue weighted by molar-refractivity contribution is 5.97. The van der Waals surface area contributed by atoms with Crippen LogP contribution < -0.4 is 5.32 Å². The van der Waals surface area contributed by atoms with Crippen LogP contribution in [0.1, 0.15) is 23.2 Å². The van der Waals surface area contributed by atoms with Gasteiger partial charge in [-0.1, -0.05) is 6.07 Å². The number of amides is 1. The number of aromatic nitrogens is 1. The lowest BCUT2D eigenvalue weighted by molar-refractivity contribution is 0.0853. The maximum atomic E-state index is 12.1. The van der Waals surface area contributed by atoms with Crippen molar-refractivity contribution in [1.82, 2.24) is 10.3 Å². The fraction of sp³-hybridized carbons (Fsp3) is 0.471. The molecule has 1 unspecified atom stereocenters. The maximum absolute atomic E-state index is 12.1. The Morgan fingerprint density at radius 3 is 3.23 bits per heavy atom. The zero-order chi connectivity index (χ0) is 15.2. The third-order valence-corrected chi connectivity index (χ3v) is 3.95. The molecule has 2 N–H and O–H groups in total. The number of hydrogen-bond donors (Lipinski definition) is 2. The van der Waals surface area contributed by atoms with Gasteiger partial charge in [0.2, 0.25) is 0 Å². The molecule has 1 fully saturated rings. The number of fused-ring (bicyclic) bond motifs is 1. The van der Waals surface area contributed by atoms with Gasteiger partial charge in [-0.3, -0.25) is 4.79 Å². The first-order chi connectivity index (χ1) is 10.8. The molecule has 0 aliphatic carbocycles. The summed E-state index contributed by atoms with van der Waals surface area (Å²) < 4.78 is 10.9. The number of benzene rings is 1. The van der Waals surface area contributed by atoms with Crippen LogP contribution in [0.15, 0.2) is 30.5 Å². The van der Waals surface area contributed by atoms with Crippen LogP contribution >= 0.6 is 0 Å². The van der Waals surface area contributed by atoms with Crippen molar-refractivity contribution in [2.24, 2.45) is 5.92 Å². The van der Waals surface area contributed by atoms with Gasteiger partial charge >= 0.3 is 0 Å². The number of ether oxygens (including phenoxy) is 2. The number of carbonyl (C=O) groups excluding carboxylic acids is 1. The maximum Gasteiger partial charge on any atom is 0.251 e. The molecule has 5 nitrogen and oxygen atoms in total. The normalized spacial score (nSPS) is 17.9. The molecular weight excluding hydrogens is 280 g/mol. The molecule has 1 aromatic heterocycles. The lowest BCUT2D eigenvalue weighted by Crippen LogP contribution is -2.25. The number of rotatable bonds is 7. The minimum atomic E-state index is -0.0410. The Labute approximate surface area is 130 Å². The first-order valence-electron chi connectivity index (χ1n) is 7.84.